The number of benzene rings is 3. The van der Waals surface area contributed by atoms with E-state index < -0.39 is 16.0 Å². The first-order chi connectivity index (χ1) is 16.2. The number of hydrogen-bond donors (Lipinski definition) is 2. The van der Waals surface area contributed by atoms with Crippen LogP contribution in [-0.4, -0.2) is 45.7 Å². The van der Waals surface area contributed by atoms with Crippen molar-refractivity contribution in [3.05, 3.63) is 82.9 Å². The van der Waals surface area contributed by atoms with Crippen molar-refractivity contribution in [2.75, 3.05) is 40.7 Å². The maximum Gasteiger partial charge on any atom is 0.337 e. The molecule has 0 radical (unpaired) electrons. The van der Waals surface area contributed by atoms with Crippen LogP contribution in [0.1, 0.15) is 27.0 Å². The molecule has 34 heavy (non-hydrogen) atoms. The Morgan fingerprint density at radius 1 is 0.853 bits per heavy atom. The van der Waals surface area contributed by atoms with Crippen LogP contribution < -0.4 is 14.5 Å². The first-order valence-corrected chi connectivity index (χ1v) is 12.7. The lowest BCUT2D eigenvalue weighted by atomic mass is 10.1. The van der Waals surface area contributed by atoms with Gasteiger partial charge in [-0.25, -0.2) is 13.2 Å². The number of anilines is 3. The number of hydrogen-bond acceptors (Lipinski definition) is 5. The van der Waals surface area contributed by atoms with Crippen molar-refractivity contribution >= 4 is 33.1 Å². The topological polar surface area (TPSA) is 90.0 Å². The molecule has 1 saturated heterocycles. The van der Waals surface area contributed by atoms with Gasteiger partial charge in [-0.2, -0.15) is 0 Å². The molecule has 0 unspecified atom stereocenters. The van der Waals surface area contributed by atoms with Crippen LogP contribution in [0.3, 0.4) is 0 Å². The zero-order chi connectivity index (χ0) is 24.5. The predicted molar refractivity (Wildman–Crippen MR) is 136 cm³/mol. The average molecular weight is 480 g/mol. The minimum Gasteiger partial charge on any atom is -0.478 e. The molecule has 7 nitrogen and oxygen atoms in total. The average Bonchev–Trinajstić information content (AvgIpc) is 2.78. The molecule has 3 aromatic carbocycles. The zero-order valence-corrected chi connectivity index (χ0v) is 20.4. The number of rotatable bonds is 6. The summed E-state index contributed by atoms with van der Waals surface area (Å²) < 4.78 is 28.8. The monoisotopic (exact) mass is 479 g/mol. The summed E-state index contributed by atoms with van der Waals surface area (Å²) in [5, 5.41) is 9.87. The molecule has 1 aliphatic rings. The van der Waals surface area contributed by atoms with Gasteiger partial charge in [-0.1, -0.05) is 35.9 Å². The summed E-state index contributed by atoms with van der Waals surface area (Å²) in [5.41, 5.74) is 4.32. The van der Waals surface area contributed by atoms with Crippen LogP contribution in [0.15, 0.2) is 65.6 Å². The molecular weight excluding hydrogens is 450 g/mol. The predicted octanol–water partition coefficient (Wildman–Crippen LogP) is 4.44. The van der Waals surface area contributed by atoms with Crippen LogP contribution in [0.4, 0.5) is 17.1 Å². The third-order valence-electron chi connectivity index (χ3n) is 6.09. The van der Waals surface area contributed by atoms with Crippen molar-refractivity contribution in [3.8, 4) is 0 Å². The van der Waals surface area contributed by atoms with E-state index in [1.54, 1.807) is 26.0 Å². The highest BCUT2D eigenvalue weighted by Crippen LogP contribution is 2.29. The number of nitrogens with one attached hydrogen (secondary N) is 1. The van der Waals surface area contributed by atoms with Gasteiger partial charge in [-0.05, 0) is 62.2 Å². The van der Waals surface area contributed by atoms with E-state index in [1.165, 1.54) is 6.07 Å². The van der Waals surface area contributed by atoms with Crippen LogP contribution in [-0.2, 0) is 10.0 Å². The quantitative estimate of drug-likeness (QED) is 0.543. The molecule has 0 saturated carbocycles. The van der Waals surface area contributed by atoms with Gasteiger partial charge in [0.15, 0.2) is 0 Å². The highest BCUT2D eigenvalue weighted by molar-refractivity contribution is 7.92. The highest BCUT2D eigenvalue weighted by Gasteiger charge is 2.24. The molecule has 0 amide bonds. The summed E-state index contributed by atoms with van der Waals surface area (Å²) in [7, 11) is -3.87. The van der Waals surface area contributed by atoms with Crippen LogP contribution in [0, 0.1) is 20.8 Å². The lowest BCUT2D eigenvalue weighted by Gasteiger charge is -2.38. The minimum atomic E-state index is -3.87. The van der Waals surface area contributed by atoms with Gasteiger partial charge in [-0.3, -0.25) is 4.72 Å². The number of aryl methyl sites for hydroxylation is 3. The van der Waals surface area contributed by atoms with Crippen LogP contribution >= 0.6 is 0 Å². The fraction of sp³-hybridized carbons (Fsp3) is 0.269. The van der Waals surface area contributed by atoms with Gasteiger partial charge >= 0.3 is 5.97 Å². The van der Waals surface area contributed by atoms with Gasteiger partial charge in [0.1, 0.15) is 0 Å². The first-order valence-electron chi connectivity index (χ1n) is 11.2. The summed E-state index contributed by atoms with van der Waals surface area (Å²) in [4.78, 5) is 16.6. The second-order valence-corrected chi connectivity index (χ2v) is 10.3. The summed E-state index contributed by atoms with van der Waals surface area (Å²) in [6, 6.07) is 18.5. The molecule has 0 aliphatic carbocycles. The van der Waals surface area contributed by atoms with E-state index >= 15 is 0 Å². The van der Waals surface area contributed by atoms with E-state index in [4.69, 9.17) is 0 Å². The summed E-state index contributed by atoms with van der Waals surface area (Å²) in [6.45, 7) is 8.31. The number of sulfonamides is 1. The third-order valence-corrected chi connectivity index (χ3v) is 7.78. The molecule has 178 valence electrons. The van der Waals surface area contributed by atoms with E-state index in [0.29, 0.717) is 29.9 Å². The van der Waals surface area contributed by atoms with Crippen molar-refractivity contribution in [3.63, 3.8) is 0 Å². The zero-order valence-electron chi connectivity index (χ0n) is 19.6. The van der Waals surface area contributed by atoms with Crippen LogP contribution in [0.25, 0.3) is 0 Å². The number of carboxylic acid groups (broad SMARTS) is 1. The Morgan fingerprint density at radius 3 is 2.03 bits per heavy atom. The van der Waals surface area contributed by atoms with Gasteiger partial charge in [0.2, 0.25) is 0 Å². The number of carbonyl (C=O) groups is 1. The Kier molecular flexibility index (Phi) is 6.52. The summed E-state index contributed by atoms with van der Waals surface area (Å²) in [6.07, 6.45) is 0. The molecule has 0 atom stereocenters. The Bertz CT molecular complexity index is 1290. The van der Waals surface area contributed by atoms with Crippen molar-refractivity contribution in [1.82, 2.24) is 0 Å². The fourth-order valence-corrected chi connectivity index (χ4v) is 6.19. The van der Waals surface area contributed by atoms with Gasteiger partial charge in [-0.15, -0.1) is 0 Å². The first kappa shape index (κ1) is 23.6. The van der Waals surface area contributed by atoms with Crippen molar-refractivity contribution < 1.29 is 18.3 Å². The molecule has 1 aliphatic heterocycles. The maximum absolute atomic E-state index is 13.1. The molecule has 8 heteroatoms. The Balaban J connectivity index is 1.56. The SMILES string of the molecule is Cc1cc(C)c(S(=O)(=O)Nc2ccc(N3CCN(c4ccccc4)CC3)c(C(=O)O)c2)c(C)c1. The maximum atomic E-state index is 13.1. The summed E-state index contributed by atoms with van der Waals surface area (Å²) >= 11 is 0. The molecule has 0 bridgehead atoms. The van der Waals surface area contributed by atoms with E-state index in [9.17, 15) is 18.3 Å². The molecule has 2 N–H and O–H groups in total. The molecule has 0 spiro atoms. The van der Waals surface area contributed by atoms with Gasteiger partial charge in [0.05, 0.1) is 16.1 Å². The number of nitrogens with zero attached hydrogens (tertiary/aromatic N) is 2. The molecular formula is C26H29N3O4S. The van der Waals surface area contributed by atoms with Gasteiger partial charge in [0, 0.05) is 37.6 Å². The smallest absolute Gasteiger partial charge is 0.337 e. The van der Waals surface area contributed by atoms with Crippen molar-refractivity contribution in [1.29, 1.82) is 0 Å². The van der Waals surface area contributed by atoms with Gasteiger partial charge in [0.25, 0.3) is 10.0 Å². The normalized spacial score (nSPS) is 14.2. The fourth-order valence-electron chi connectivity index (χ4n) is 4.69. The second kappa shape index (κ2) is 9.38. The van der Waals surface area contributed by atoms with Crippen LogP contribution in [0.5, 0.6) is 0 Å². The van der Waals surface area contributed by atoms with Crippen molar-refractivity contribution in [2.24, 2.45) is 0 Å². The van der Waals surface area contributed by atoms with Crippen molar-refractivity contribution in [2.45, 2.75) is 25.7 Å². The Hall–Kier alpha value is -3.52. The second-order valence-electron chi connectivity index (χ2n) is 8.68. The lowest BCUT2D eigenvalue weighted by Crippen LogP contribution is -2.47. The van der Waals surface area contributed by atoms with E-state index in [2.05, 4.69) is 21.8 Å². The summed E-state index contributed by atoms with van der Waals surface area (Å²) in [5.74, 6) is -1.09. The largest absolute Gasteiger partial charge is 0.478 e. The van der Waals surface area contributed by atoms with E-state index in [0.717, 1.165) is 24.3 Å². The van der Waals surface area contributed by atoms with Crippen LogP contribution in [0.2, 0.25) is 0 Å². The minimum absolute atomic E-state index is 0.0747. The Labute approximate surface area is 200 Å². The number of aromatic carboxylic acids is 1. The molecule has 0 aromatic heterocycles. The third kappa shape index (κ3) is 4.87. The lowest BCUT2D eigenvalue weighted by molar-refractivity contribution is 0.0697. The number of piperazine rings is 1. The molecule has 1 fully saturated rings. The van der Waals surface area contributed by atoms with E-state index in [1.807, 2.05) is 42.2 Å². The molecule has 3 aromatic rings. The van der Waals surface area contributed by atoms with E-state index in [-0.39, 0.29) is 16.1 Å². The highest BCUT2D eigenvalue weighted by atomic mass is 32.2. The standard InChI is InChI=1S/C26H29N3O4S/c1-18-15-19(2)25(20(3)16-18)34(32,33)27-21-9-10-24(23(17-21)26(30)31)29-13-11-28(12-14-29)22-7-5-4-6-8-22/h4-10,15-17,27H,11-14H2,1-3H3,(H,30,31). The molecule has 1 heterocycles. The number of para-hydroxylation sites is 1. The molecule has 4 rings (SSSR count). The van der Waals surface area contributed by atoms with Gasteiger partial charge < -0.3 is 14.9 Å². The Morgan fingerprint density at radius 2 is 1.44 bits per heavy atom. The number of carboxylic acids is 1.